The van der Waals surface area contributed by atoms with Crippen molar-refractivity contribution in [3.05, 3.63) is 35.9 Å². The van der Waals surface area contributed by atoms with Gasteiger partial charge < -0.3 is 15.0 Å². The van der Waals surface area contributed by atoms with E-state index in [1.54, 1.807) is 0 Å². The lowest BCUT2D eigenvalue weighted by molar-refractivity contribution is -0.159. The molecule has 2 unspecified atom stereocenters. The minimum atomic E-state index is -0.286. The van der Waals surface area contributed by atoms with E-state index in [-0.39, 0.29) is 23.0 Å². The average molecular weight is 439 g/mol. The summed E-state index contributed by atoms with van der Waals surface area (Å²) in [6, 6.07) is 10.4. The highest BCUT2D eigenvalue weighted by molar-refractivity contribution is 5.77. The summed E-state index contributed by atoms with van der Waals surface area (Å²) >= 11 is 0. The Balaban J connectivity index is 1.26. The highest BCUT2D eigenvalue weighted by Gasteiger charge is 2.61. The average Bonchev–Trinajstić information content (AvgIpc) is 3.12. The van der Waals surface area contributed by atoms with Gasteiger partial charge in [0, 0.05) is 31.5 Å². The molecule has 0 spiro atoms. The largest absolute Gasteiger partial charge is 0.446 e. The first-order valence-corrected chi connectivity index (χ1v) is 12.6. The van der Waals surface area contributed by atoms with Crippen molar-refractivity contribution in [3.8, 4) is 0 Å². The zero-order valence-corrected chi connectivity index (χ0v) is 19.8. The van der Waals surface area contributed by atoms with Crippen molar-refractivity contribution >= 4 is 12.0 Å². The molecule has 1 saturated heterocycles. The number of likely N-dealkylation sites (tertiary alicyclic amines) is 1. The molecule has 32 heavy (non-hydrogen) atoms. The first-order chi connectivity index (χ1) is 15.3. The van der Waals surface area contributed by atoms with Gasteiger partial charge in [-0.2, -0.15) is 0 Å². The Hall–Kier alpha value is -2.04. The third-order valence-corrected chi connectivity index (χ3v) is 10.00. The quantitative estimate of drug-likeness (QED) is 0.710. The second-order valence-electron chi connectivity index (χ2n) is 11.3. The SMILES string of the molecule is CN1C(=O)CC[C@@]2(C)C1CC[C@@H]1[C@H]2CC[C@]2(C)C(OC(=O)NCc3ccccc3)CC[C@@H]12. The van der Waals surface area contributed by atoms with E-state index >= 15 is 0 Å². The zero-order chi connectivity index (χ0) is 22.5. The van der Waals surface area contributed by atoms with Crippen molar-refractivity contribution in [1.29, 1.82) is 0 Å². The van der Waals surface area contributed by atoms with Crippen LogP contribution >= 0.6 is 0 Å². The van der Waals surface area contributed by atoms with E-state index in [0.29, 0.717) is 42.7 Å². The monoisotopic (exact) mass is 438 g/mol. The van der Waals surface area contributed by atoms with Crippen LogP contribution in [-0.4, -0.2) is 36.1 Å². The van der Waals surface area contributed by atoms with Crippen molar-refractivity contribution in [2.24, 2.45) is 28.6 Å². The van der Waals surface area contributed by atoms with E-state index in [9.17, 15) is 9.59 Å². The number of fused-ring (bicyclic) bond motifs is 5. The van der Waals surface area contributed by atoms with Crippen LogP contribution in [0.5, 0.6) is 0 Å². The molecule has 0 radical (unpaired) electrons. The number of carbonyl (C=O) groups is 2. The normalized spacial score (nSPS) is 40.8. The summed E-state index contributed by atoms with van der Waals surface area (Å²) in [6.07, 6.45) is 8.22. The Morgan fingerprint density at radius 3 is 2.56 bits per heavy atom. The molecule has 3 aliphatic carbocycles. The molecule has 1 N–H and O–H groups in total. The molecule has 5 rings (SSSR count). The Morgan fingerprint density at radius 1 is 1.03 bits per heavy atom. The number of hydrogen-bond donors (Lipinski definition) is 1. The molecular weight excluding hydrogens is 400 g/mol. The van der Waals surface area contributed by atoms with Crippen LogP contribution in [0.3, 0.4) is 0 Å². The number of ether oxygens (including phenoxy) is 1. The van der Waals surface area contributed by atoms with Crippen LogP contribution in [-0.2, 0) is 16.1 Å². The Kier molecular flexibility index (Phi) is 5.50. The van der Waals surface area contributed by atoms with Crippen LogP contribution in [0, 0.1) is 28.6 Å². The van der Waals surface area contributed by atoms with Gasteiger partial charge in [-0.25, -0.2) is 4.79 Å². The van der Waals surface area contributed by atoms with E-state index in [2.05, 4.69) is 24.1 Å². The molecule has 4 fully saturated rings. The molecule has 1 heterocycles. The highest BCUT2D eigenvalue weighted by Crippen LogP contribution is 2.65. The van der Waals surface area contributed by atoms with Crippen LogP contribution in [0.15, 0.2) is 30.3 Å². The number of piperidine rings is 1. The van der Waals surface area contributed by atoms with Gasteiger partial charge in [0.15, 0.2) is 0 Å². The van der Waals surface area contributed by atoms with Gasteiger partial charge >= 0.3 is 6.09 Å². The summed E-state index contributed by atoms with van der Waals surface area (Å²) in [5.74, 6) is 2.31. The first-order valence-electron chi connectivity index (χ1n) is 12.6. The molecule has 1 aromatic carbocycles. The first kappa shape index (κ1) is 21.8. The van der Waals surface area contributed by atoms with Crippen molar-refractivity contribution in [2.45, 2.75) is 83.9 Å². The molecule has 2 amide bonds. The topological polar surface area (TPSA) is 58.6 Å². The van der Waals surface area contributed by atoms with Crippen molar-refractivity contribution in [1.82, 2.24) is 10.2 Å². The fraction of sp³-hybridized carbons (Fsp3) is 0.704. The predicted octanol–water partition coefficient (Wildman–Crippen LogP) is 5.14. The van der Waals surface area contributed by atoms with Gasteiger partial charge in [0.1, 0.15) is 6.10 Å². The fourth-order valence-corrected chi connectivity index (χ4v) is 8.24. The number of nitrogens with zero attached hydrogens (tertiary/aromatic N) is 1. The fourth-order valence-electron chi connectivity index (χ4n) is 8.24. The molecule has 1 aromatic rings. The third-order valence-electron chi connectivity index (χ3n) is 10.00. The minimum absolute atomic E-state index is 0.00496. The predicted molar refractivity (Wildman–Crippen MR) is 124 cm³/mol. The van der Waals surface area contributed by atoms with Gasteiger partial charge in [0.2, 0.25) is 5.91 Å². The van der Waals surface area contributed by atoms with Crippen LogP contribution in [0.2, 0.25) is 0 Å². The molecule has 174 valence electrons. The summed E-state index contributed by atoms with van der Waals surface area (Å²) in [6.45, 7) is 5.34. The zero-order valence-electron chi connectivity index (χ0n) is 19.8. The van der Waals surface area contributed by atoms with E-state index in [1.165, 1.54) is 12.8 Å². The van der Waals surface area contributed by atoms with E-state index in [4.69, 9.17) is 4.74 Å². The number of nitrogens with one attached hydrogen (secondary N) is 1. The van der Waals surface area contributed by atoms with Crippen LogP contribution < -0.4 is 5.32 Å². The third kappa shape index (κ3) is 3.43. The lowest BCUT2D eigenvalue weighted by atomic mass is 9.47. The van der Waals surface area contributed by atoms with Crippen molar-refractivity contribution < 1.29 is 14.3 Å². The van der Waals surface area contributed by atoms with Crippen molar-refractivity contribution in [2.75, 3.05) is 7.05 Å². The molecular formula is C27H38N2O3. The second-order valence-corrected chi connectivity index (χ2v) is 11.3. The standard InChI is InChI=1S/C27H38N2O3/c1-26-16-14-24(30)29(3)22(26)11-9-19-20-10-12-23(27(20,2)15-13-21(19)26)32-25(31)28-17-18-7-5-4-6-8-18/h4-8,19-23H,9-17H2,1-3H3,(H,28,31)/t19-,20-,21+,22?,23?,26+,27-/m0/s1. The smallest absolute Gasteiger partial charge is 0.407 e. The van der Waals surface area contributed by atoms with Crippen LogP contribution in [0.25, 0.3) is 0 Å². The van der Waals surface area contributed by atoms with Gasteiger partial charge in [0.25, 0.3) is 0 Å². The van der Waals surface area contributed by atoms with Gasteiger partial charge in [-0.1, -0.05) is 44.2 Å². The maximum atomic E-state index is 12.6. The highest BCUT2D eigenvalue weighted by atomic mass is 16.6. The Bertz CT molecular complexity index is 873. The number of benzene rings is 1. The molecule has 7 atom stereocenters. The maximum absolute atomic E-state index is 12.6. The van der Waals surface area contributed by atoms with Crippen molar-refractivity contribution in [3.63, 3.8) is 0 Å². The Labute approximate surface area is 192 Å². The summed E-state index contributed by atoms with van der Waals surface area (Å²) in [5, 5.41) is 2.95. The number of alkyl carbamates (subject to hydrolysis) is 1. The van der Waals surface area contributed by atoms with Gasteiger partial charge in [-0.05, 0) is 73.7 Å². The second kappa shape index (κ2) is 8.07. The minimum Gasteiger partial charge on any atom is -0.446 e. The van der Waals surface area contributed by atoms with Crippen LogP contribution in [0.4, 0.5) is 4.79 Å². The number of carbonyl (C=O) groups excluding carboxylic acids is 2. The van der Waals surface area contributed by atoms with Gasteiger partial charge in [-0.3, -0.25) is 4.79 Å². The summed E-state index contributed by atoms with van der Waals surface area (Å²) < 4.78 is 6.05. The molecule has 5 nitrogen and oxygen atoms in total. The molecule has 5 heteroatoms. The van der Waals surface area contributed by atoms with E-state index in [1.807, 2.05) is 37.4 Å². The molecule has 1 aliphatic heterocycles. The molecule has 4 aliphatic rings. The van der Waals surface area contributed by atoms with E-state index < -0.39 is 0 Å². The molecule has 0 bridgehead atoms. The number of amides is 2. The van der Waals surface area contributed by atoms with Gasteiger partial charge in [-0.15, -0.1) is 0 Å². The summed E-state index contributed by atoms with van der Waals surface area (Å²) in [4.78, 5) is 27.0. The lowest BCUT2D eigenvalue weighted by Gasteiger charge is -2.61. The van der Waals surface area contributed by atoms with E-state index in [0.717, 1.165) is 37.7 Å². The lowest BCUT2D eigenvalue weighted by Crippen LogP contribution is -2.61. The molecule has 3 saturated carbocycles. The summed E-state index contributed by atoms with van der Waals surface area (Å²) in [5.41, 5.74) is 1.39. The van der Waals surface area contributed by atoms with Gasteiger partial charge in [0.05, 0.1) is 0 Å². The number of rotatable bonds is 3. The Morgan fingerprint density at radius 2 is 1.78 bits per heavy atom. The molecule has 0 aromatic heterocycles. The summed E-state index contributed by atoms with van der Waals surface area (Å²) in [7, 11) is 2.02. The maximum Gasteiger partial charge on any atom is 0.407 e. The van der Waals surface area contributed by atoms with Crippen LogP contribution in [0.1, 0.15) is 70.8 Å². The number of hydrogen-bond acceptors (Lipinski definition) is 3.